The van der Waals surface area contributed by atoms with E-state index < -0.39 is 11.9 Å². The summed E-state index contributed by atoms with van der Waals surface area (Å²) in [4.78, 5) is 22.2. The highest BCUT2D eigenvalue weighted by atomic mass is 35.5. The van der Waals surface area contributed by atoms with Gasteiger partial charge in [-0.05, 0) is 25.1 Å². The van der Waals surface area contributed by atoms with Gasteiger partial charge in [0, 0.05) is 17.5 Å². The molecule has 1 aromatic carbocycles. The molecule has 4 nitrogen and oxygen atoms in total. The fraction of sp³-hybridized carbons (Fsp3) is 0.167. The third-order valence-corrected chi connectivity index (χ3v) is 2.47. The van der Waals surface area contributed by atoms with Crippen LogP contribution >= 0.6 is 23.2 Å². The third-order valence-electron chi connectivity index (χ3n) is 1.73. The molecule has 0 radical (unpaired) electrons. The number of benzene rings is 1. The summed E-state index contributed by atoms with van der Waals surface area (Å²) >= 11 is 11.5. The second kappa shape index (κ2) is 6.90. The molecule has 0 unspecified atom stereocenters. The lowest BCUT2D eigenvalue weighted by molar-refractivity contribution is -0.136. The van der Waals surface area contributed by atoms with Crippen LogP contribution in [-0.2, 0) is 14.3 Å². The van der Waals surface area contributed by atoms with Crippen LogP contribution in [0.2, 0.25) is 10.0 Å². The number of amides is 1. The highest BCUT2D eigenvalue weighted by Gasteiger charge is 2.02. The minimum atomic E-state index is -0.748. The van der Waals surface area contributed by atoms with Crippen LogP contribution < -0.4 is 5.32 Å². The van der Waals surface area contributed by atoms with Crippen molar-refractivity contribution in [2.24, 2.45) is 0 Å². The van der Waals surface area contributed by atoms with Gasteiger partial charge in [0.05, 0.1) is 16.7 Å². The van der Waals surface area contributed by atoms with Crippen LogP contribution in [0.4, 0.5) is 5.69 Å². The van der Waals surface area contributed by atoms with Crippen molar-refractivity contribution in [3.8, 4) is 11.8 Å². The van der Waals surface area contributed by atoms with E-state index in [1.54, 1.807) is 13.0 Å². The number of esters is 1. The molecule has 0 bridgehead atoms. The molecule has 0 aliphatic rings. The topological polar surface area (TPSA) is 55.4 Å². The number of rotatable bonds is 2. The van der Waals surface area contributed by atoms with Crippen LogP contribution in [0.3, 0.4) is 0 Å². The molecule has 0 spiro atoms. The first-order valence-electron chi connectivity index (χ1n) is 4.97. The van der Waals surface area contributed by atoms with Gasteiger partial charge in [0.2, 0.25) is 0 Å². The predicted octanol–water partition coefficient (Wildman–Crippen LogP) is 2.50. The van der Waals surface area contributed by atoms with Crippen LogP contribution in [-0.4, -0.2) is 18.5 Å². The Morgan fingerprint density at radius 1 is 1.28 bits per heavy atom. The van der Waals surface area contributed by atoms with Gasteiger partial charge in [-0.1, -0.05) is 23.2 Å². The summed E-state index contributed by atoms with van der Waals surface area (Å²) in [6.45, 7) is 1.86. The van der Waals surface area contributed by atoms with E-state index in [0.717, 1.165) is 0 Å². The molecule has 1 aromatic rings. The van der Waals surface area contributed by atoms with E-state index in [1.165, 1.54) is 12.1 Å². The van der Waals surface area contributed by atoms with E-state index in [9.17, 15) is 9.59 Å². The van der Waals surface area contributed by atoms with E-state index >= 15 is 0 Å². The molecular formula is C12H9Cl2NO3. The first kappa shape index (κ1) is 14.4. The summed E-state index contributed by atoms with van der Waals surface area (Å²) in [6.07, 6.45) is 0. The van der Waals surface area contributed by atoms with Crippen molar-refractivity contribution >= 4 is 40.8 Å². The third kappa shape index (κ3) is 4.66. The van der Waals surface area contributed by atoms with Gasteiger partial charge in [-0.2, -0.15) is 0 Å². The highest BCUT2D eigenvalue weighted by molar-refractivity contribution is 6.42. The van der Waals surface area contributed by atoms with Gasteiger partial charge in [-0.15, -0.1) is 0 Å². The smallest absolute Gasteiger partial charge is 0.384 e. The molecule has 0 saturated heterocycles. The number of carbonyl (C=O) groups is 2. The Morgan fingerprint density at radius 3 is 2.61 bits per heavy atom. The number of carbonyl (C=O) groups excluding carboxylic acids is 2. The minimum absolute atomic E-state index is 0.210. The van der Waals surface area contributed by atoms with Crippen LogP contribution in [0.25, 0.3) is 0 Å². The molecule has 1 amide bonds. The average molecular weight is 286 g/mol. The van der Waals surface area contributed by atoms with E-state index in [2.05, 4.69) is 16.0 Å². The van der Waals surface area contributed by atoms with Crippen molar-refractivity contribution in [1.82, 2.24) is 0 Å². The summed E-state index contributed by atoms with van der Waals surface area (Å²) in [5.41, 5.74) is 0.438. The summed E-state index contributed by atoms with van der Waals surface area (Å²) < 4.78 is 4.55. The van der Waals surface area contributed by atoms with E-state index in [1.807, 2.05) is 5.92 Å². The number of hydrogen-bond acceptors (Lipinski definition) is 3. The van der Waals surface area contributed by atoms with Gasteiger partial charge in [0.25, 0.3) is 0 Å². The van der Waals surface area contributed by atoms with Gasteiger partial charge in [-0.25, -0.2) is 4.79 Å². The lowest BCUT2D eigenvalue weighted by atomic mass is 10.3. The number of ether oxygens (including phenoxy) is 1. The molecule has 0 aliphatic heterocycles. The van der Waals surface area contributed by atoms with Crippen LogP contribution in [0.15, 0.2) is 18.2 Å². The molecule has 0 aromatic heterocycles. The van der Waals surface area contributed by atoms with Gasteiger partial charge in [-0.3, -0.25) is 4.79 Å². The zero-order valence-corrected chi connectivity index (χ0v) is 10.9. The molecule has 1 rings (SSSR count). The highest BCUT2D eigenvalue weighted by Crippen LogP contribution is 2.24. The molecule has 1 N–H and O–H groups in total. The molecule has 6 heteroatoms. The molecule has 0 saturated carbocycles. The SMILES string of the molecule is CCOC(=O)C#CC(=O)Nc1ccc(Cl)c(Cl)c1. The molecule has 0 aliphatic carbocycles. The predicted molar refractivity (Wildman–Crippen MR) is 69.5 cm³/mol. The molecule has 18 heavy (non-hydrogen) atoms. The normalized spacial score (nSPS) is 9.06. The fourth-order valence-electron chi connectivity index (χ4n) is 1.01. The average Bonchev–Trinajstić information content (AvgIpc) is 2.32. The largest absolute Gasteiger partial charge is 0.456 e. The lowest BCUT2D eigenvalue weighted by Crippen LogP contribution is -2.09. The van der Waals surface area contributed by atoms with Crippen LogP contribution in [0.1, 0.15) is 6.92 Å². The molecular weight excluding hydrogens is 277 g/mol. The zero-order chi connectivity index (χ0) is 13.5. The van der Waals surface area contributed by atoms with Crippen molar-refractivity contribution < 1.29 is 14.3 Å². The number of nitrogens with one attached hydrogen (secondary N) is 1. The monoisotopic (exact) mass is 285 g/mol. The maximum absolute atomic E-state index is 11.3. The Morgan fingerprint density at radius 2 is 2.00 bits per heavy atom. The van der Waals surface area contributed by atoms with Gasteiger partial charge >= 0.3 is 11.9 Å². The van der Waals surface area contributed by atoms with Crippen molar-refractivity contribution in [3.05, 3.63) is 28.2 Å². The Kier molecular flexibility index (Phi) is 5.50. The lowest BCUT2D eigenvalue weighted by Gasteiger charge is -2.02. The Balaban J connectivity index is 2.64. The van der Waals surface area contributed by atoms with Gasteiger partial charge < -0.3 is 10.1 Å². The zero-order valence-electron chi connectivity index (χ0n) is 9.42. The van der Waals surface area contributed by atoms with Crippen molar-refractivity contribution in [2.45, 2.75) is 6.92 Å². The molecule has 0 heterocycles. The first-order chi connectivity index (χ1) is 8.52. The fourth-order valence-corrected chi connectivity index (χ4v) is 1.31. The van der Waals surface area contributed by atoms with E-state index in [0.29, 0.717) is 15.7 Å². The molecule has 0 fully saturated rings. The maximum atomic E-state index is 11.3. The van der Waals surface area contributed by atoms with Gasteiger partial charge in [0.1, 0.15) is 0 Å². The van der Waals surface area contributed by atoms with Gasteiger partial charge in [0.15, 0.2) is 0 Å². The second-order valence-electron chi connectivity index (χ2n) is 3.05. The first-order valence-corrected chi connectivity index (χ1v) is 5.73. The van der Waals surface area contributed by atoms with Crippen LogP contribution in [0, 0.1) is 11.8 Å². The number of hydrogen-bond donors (Lipinski definition) is 1. The second-order valence-corrected chi connectivity index (χ2v) is 3.87. The summed E-state index contributed by atoms with van der Waals surface area (Å²) in [5, 5.41) is 3.14. The van der Waals surface area contributed by atoms with Crippen molar-refractivity contribution in [3.63, 3.8) is 0 Å². The summed E-state index contributed by atoms with van der Waals surface area (Å²) in [6, 6.07) is 4.59. The molecule has 94 valence electrons. The van der Waals surface area contributed by atoms with Crippen molar-refractivity contribution in [2.75, 3.05) is 11.9 Å². The Hall–Kier alpha value is -1.70. The van der Waals surface area contributed by atoms with Crippen molar-refractivity contribution in [1.29, 1.82) is 0 Å². The van der Waals surface area contributed by atoms with Crippen LogP contribution in [0.5, 0.6) is 0 Å². The Bertz CT molecular complexity index is 532. The number of anilines is 1. The Labute approximate surface area is 114 Å². The maximum Gasteiger partial charge on any atom is 0.384 e. The van der Waals surface area contributed by atoms with E-state index in [4.69, 9.17) is 23.2 Å². The quantitative estimate of drug-likeness (QED) is 0.516. The minimum Gasteiger partial charge on any atom is -0.456 e. The standard InChI is InChI=1S/C12H9Cl2NO3/c1-2-18-12(17)6-5-11(16)15-8-3-4-9(13)10(14)7-8/h3-4,7H,2H2,1H3,(H,15,16). The summed E-state index contributed by atoms with van der Waals surface area (Å²) in [7, 11) is 0. The summed E-state index contributed by atoms with van der Waals surface area (Å²) in [5.74, 6) is 2.76. The number of halogens is 2. The molecule has 0 atom stereocenters. The van der Waals surface area contributed by atoms with E-state index in [-0.39, 0.29) is 6.61 Å².